The first-order valence-corrected chi connectivity index (χ1v) is 17.1. The molecule has 0 amide bonds. The maximum Gasteiger partial charge on any atom is 0.00914 e. The third-order valence-corrected chi connectivity index (χ3v) is 9.10. The largest absolute Gasteiger partial charge is 0.327 e. The molecule has 2 unspecified atom stereocenters. The Bertz CT molecular complexity index is 674. The zero-order valence-electron chi connectivity index (χ0n) is 25.7. The monoisotopic (exact) mass is 557 g/mol. The number of nitrogens with two attached hydrogens (primary N) is 2. The fourth-order valence-electron chi connectivity index (χ4n) is 6.59. The Hall–Kier alpha value is -1.02. The highest BCUT2D eigenvalue weighted by Gasteiger charge is 2.13. The van der Waals surface area contributed by atoms with Crippen LogP contribution in [0.15, 0.2) is 24.3 Å². The predicted molar refractivity (Wildman–Crippen MR) is 173 cm³/mol. The van der Waals surface area contributed by atoms with Gasteiger partial charge in [0.15, 0.2) is 0 Å². The number of hydrogen-bond acceptors (Lipinski definition) is 6. The van der Waals surface area contributed by atoms with Crippen LogP contribution in [0, 0.1) is 11.8 Å². The lowest BCUT2D eigenvalue weighted by Gasteiger charge is -2.21. The Morgan fingerprint density at radius 1 is 0.575 bits per heavy atom. The molecule has 40 heavy (non-hydrogen) atoms. The molecular formula is C34H64N6. The second-order valence-electron chi connectivity index (χ2n) is 12.9. The van der Waals surface area contributed by atoms with Gasteiger partial charge in [-0.2, -0.15) is 0 Å². The van der Waals surface area contributed by atoms with E-state index in [2.05, 4.69) is 45.5 Å². The van der Waals surface area contributed by atoms with E-state index in [4.69, 9.17) is 11.5 Å². The molecule has 3 rings (SSSR count). The number of nitrogens with one attached hydrogen (secondary N) is 4. The van der Waals surface area contributed by atoms with E-state index >= 15 is 0 Å². The van der Waals surface area contributed by atoms with E-state index in [0.29, 0.717) is 0 Å². The first kappa shape index (κ1) is 33.5. The second-order valence-corrected chi connectivity index (χ2v) is 12.9. The van der Waals surface area contributed by atoms with E-state index in [-0.39, 0.29) is 12.1 Å². The summed E-state index contributed by atoms with van der Waals surface area (Å²) in [7, 11) is 0. The lowest BCUT2D eigenvalue weighted by atomic mass is 9.89. The van der Waals surface area contributed by atoms with Crippen LogP contribution < -0.4 is 32.7 Å². The van der Waals surface area contributed by atoms with Crippen LogP contribution in [-0.4, -0.2) is 64.4 Å². The lowest BCUT2D eigenvalue weighted by molar-refractivity contribution is 0.342. The van der Waals surface area contributed by atoms with Crippen molar-refractivity contribution in [2.45, 2.75) is 115 Å². The molecule has 2 aliphatic rings. The van der Waals surface area contributed by atoms with Gasteiger partial charge in [0.2, 0.25) is 0 Å². The van der Waals surface area contributed by atoms with Gasteiger partial charge in [0.05, 0.1) is 0 Å². The molecule has 230 valence electrons. The summed E-state index contributed by atoms with van der Waals surface area (Å²) in [5.41, 5.74) is 15.6. The molecule has 1 aromatic rings. The Morgan fingerprint density at radius 2 is 1.00 bits per heavy atom. The Morgan fingerprint density at radius 3 is 1.45 bits per heavy atom. The van der Waals surface area contributed by atoms with E-state index < -0.39 is 0 Å². The maximum atomic E-state index is 6.47. The highest BCUT2D eigenvalue weighted by atomic mass is 14.9. The summed E-state index contributed by atoms with van der Waals surface area (Å²) in [6.45, 7) is 8.81. The summed E-state index contributed by atoms with van der Waals surface area (Å²) in [5, 5.41) is 14.5. The van der Waals surface area contributed by atoms with Crippen molar-refractivity contribution >= 4 is 0 Å². The van der Waals surface area contributed by atoms with E-state index in [0.717, 1.165) is 76.8 Å². The molecule has 2 fully saturated rings. The second kappa shape index (κ2) is 21.6. The summed E-state index contributed by atoms with van der Waals surface area (Å²) in [6.07, 6.45) is 20.6. The molecule has 8 N–H and O–H groups in total. The smallest absolute Gasteiger partial charge is 0.00914 e. The van der Waals surface area contributed by atoms with Gasteiger partial charge in [0.1, 0.15) is 0 Å². The molecule has 0 aromatic heterocycles. The summed E-state index contributed by atoms with van der Waals surface area (Å²) in [6, 6.07) is 9.30. The van der Waals surface area contributed by atoms with Gasteiger partial charge in [-0.05, 0) is 140 Å². The minimum absolute atomic E-state index is 0.196. The van der Waals surface area contributed by atoms with E-state index in [9.17, 15) is 0 Å². The topological polar surface area (TPSA) is 100 Å². The van der Waals surface area contributed by atoms with Gasteiger partial charge in [-0.15, -0.1) is 0 Å². The van der Waals surface area contributed by atoms with Crippen LogP contribution in [0.2, 0.25) is 0 Å². The summed E-state index contributed by atoms with van der Waals surface area (Å²) >= 11 is 0. The molecule has 0 spiro atoms. The molecule has 0 saturated heterocycles. The van der Waals surface area contributed by atoms with Gasteiger partial charge in [-0.1, -0.05) is 62.8 Å². The molecule has 6 heteroatoms. The molecule has 6 nitrogen and oxygen atoms in total. The van der Waals surface area contributed by atoms with Crippen molar-refractivity contribution in [3.05, 3.63) is 35.4 Å². The number of rotatable bonds is 22. The van der Waals surface area contributed by atoms with Gasteiger partial charge in [-0.25, -0.2) is 0 Å². The van der Waals surface area contributed by atoms with Crippen molar-refractivity contribution < 1.29 is 0 Å². The molecule has 0 radical (unpaired) electrons. The minimum Gasteiger partial charge on any atom is -0.327 e. The molecule has 1 aromatic carbocycles. The van der Waals surface area contributed by atoms with E-state index in [1.165, 1.54) is 101 Å². The summed E-state index contributed by atoms with van der Waals surface area (Å²) in [5.74, 6) is 1.84. The Labute approximate surface area is 247 Å². The predicted octanol–water partition coefficient (Wildman–Crippen LogP) is 4.51. The van der Waals surface area contributed by atoms with Crippen molar-refractivity contribution in [1.82, 2.24) is 21.3 Å². The van der Waals surface area contributed by atoms with Crippen LogP contribution in [0.25, 0.3) is 0 Å². The summed E-state index contributed by atoms with van der Waals surface area (Å²) in [4.78, 5) is 0. The molecule has 0 aliphatic heterocycles. The molecule has 0 heterocycles. The lowest BCUT2D eigenvalue weighted by Crippen LogP contribution is -2.31. The zero-order chi connectivity index (χ0) is 28.1. The van der Waals surface area contributed by atoms with Gasteiger partial charge >= 0.3 is 0 Å². The number of benzene rings is 1. The molecule has 0 bridgehead atoms. The van der Waals surface area contributed by atoms with Gasteiger partial charge in [0.25, 0.3) is 0 Å². The van der Waals surface area contributed by atoms with Gasteiger partial charge < -0.3 is 32.7 Å². The van der Waals surface area contributed by atoms with Crippen molar-refractivity contribution in [2.75, 3.05) is 52.4 Å². The zero-order valence-corrected chi connectivity index (χ0v) is 25.7. The summed E-state index contributed by atoms with van der Waals surface area (Å²) < 4.78 is 0. The van der Waals surface area contributed by atoms with Crippen LogP contribution in [0.5, 0.6) is 0 Å². The minimum atomic E-state index is 0.196. The highest BCUT2D eigenvalue weighted by Crippen LogP contribution is 2.23. The van der Waals surface area contributed by atoms with E-state index in [1.807, 2.05) is 0 Å². The third kappa shape index (κ3) is 15.8. The highest BCUT2D eigenvalue weighted by molar-refractivity contribution is 5.25. The fourth-order valence-corrected chi connectivity index (χ4v) is 6.59. The average molecular weight is 557 g/mol. The first-order valence-electron chi connectivity index (χ1n) is 17.1. The van der Waals surface area contributed by atoms with Crippen molar-refractivity contribution in [2.24, 2.45) is 23.3 Å². The van der Waals surface area contributed by atoms with Gasteiger partial charge in [-0.3, -0.25) is 0 Å². The number of hydrogen-bond donors (Lipinski definition) is 6. The SMILES string of the molecule is NC(CCNCCCNCC1CCCCC1)Cc1cccc(CC(N)CCNCCCNCC2CCCCC2)c1. The molecule has 2 saturated carbocycles. The van der Waals surface area contributed by atoms with Gasteiger partial charge in [0, 0.05) is 12.1 Å². The molecule has 2 atom stereocenters. The molecule has 2 aliphatic carbocycles. The third-order valence-electron chi connectivity index (χ3n) is 9.10. The Balaban J connectivity index is 1.14. The standard InChI is InChI=1S/C34H64N6/c35-33(16-22-37-18-8-20-39-27-29-10-3-1-4-11-29)25-31-14-7-15-32(24-31)26-34(36)17-23-38-19-9-21-40-28-30-12-5-2-6-13-30/h7,14-15,24,29-30,33-34,37-40H,1-6,8-13,16-23,25-28,35-36H2. The normalized spacial score (nSPS) is 18.6. The van der Waals surface area contributed by atoms with Crippen LogP contribution in [0.3, 0.4) is 0 Å². The maximum absolute atomic E-state index is 6.47. The van der Waals surface area contributed by atoms with Crippen LogP contribution >= 0.6 is 0 Å². The van der Waals surface area contributed by atoms with Crippen LogP contribution in [0.1, 0.15) is 101 Å². The van der Waals surface area contributed by atoms with E-state index in [1.54, 1.807) is 0 Å². The molecular weight excluding hydrogens is 492 g/mol. The van der Waals surface area contributed by atoms with Crippen molar-refractivity contribution in [3.63, 3.8) is 0 Å². The van der Waals surface area contributed by atoms with Crippen LogP contribution in [-0.2, 0) is 12.8 Å². The first-order chi connectivity index (χ1) is 19.7. The quantitative estimate of drug-likeness (QED) is 0.118. The van der Waals surface area contributed by atoms with Crippen molar-refractivity contribution in [3.8, 4) is 0 Å². The Kier molecular flexibility index (Phi) is 18.1. The van der Waals surface area contributed by atoms with Crippen molar-refractivity contribution in [1.29, 1.82) is 0 Å². The van der Waals surface area contributed by atoms with Crippen LogP contribution in [0.4, 0.5) is 0 Å². The fraction of sp³-hybridized carbons (Fsp3) is 0.824. The average Bonchev–Trinajstić information content (AvgIpc) is 2.97.